The van der Waals surface area contributed by atoms with Crippen LogP contribution in [0.25, 0.3) is 0 Å². The highest BCUT2D eigenvalue weighted by atomic mass is 16.4. The van der Waals surface area contributed by atoms with Gasteiger partial charge in [0.2, 0.25) is 0 Å². The van der Waals surface area contributed by atoms with E-state index in [1.807, 2.05) is 37.3 Å². The van der Waals surface area contributed by atoms with Crippen molar-refractivity contribution in [2.24, 2.45) is 0 Å². The molecule has 2 amide bonds. The van der Waals surface area contributed by atoms with E-state index in [2.05, 4.69) is 5.32 Å². The van der Waals surface area contributed by atoms with Crippen molar-refractivity contribution in [1.29, 1.82) is 0 Å². The molecule has 0 saturated carbocycles. The maximum atomic E-state index is 12.6. The molecule has 0 heterocycles. The minimum absolute atomic E-state index is 0.205. The maximum Gasteiger partial charge on any atom is 0.335 e. The van der Waals surface area contributed by atoms with Crippen LogP contribution in [-0.2, 0) is 13.1 Å². The van der Waals surface area contributed by atoms with Gasteiger partial charge >= 0.3 is 12.0 Å². The standard InChI is InChI=1S/C20H24N2O4/c1-2-18(23)14-22(13-16-6-4-3-5-7-16)20(26)21-12-15-8-10-17(11-9-15)19(24)25/h3-11,18,23H,2,12-14H2,1H3,(H,21,26)(H,24,25). The highest BCUT2D eigenvalue weighted by Crippen LogP contribution is 2.08. The number of nitrogens with one attached hydrogen (secondary N) is 1. The lowest BCUT2D eigenvalue weighted by molar-refractivity contribution is 0.0697. The smallest absolute Gasteiger partial charge is 0.335 e. The first-order valence-corrected chi connectivity index (χ1v) is 8.56. The molecule has 2 aromatic carbocycles. The van der Waals surface area contributed by atoms with Crippen LogP contribution in [-0.4, -0.2) is 39.8 Å². The van der Waals surface area contributed by atoms with E-state index in [4.69, 9.17) is 5.11 Å². The number of aromatic carboxylic acids is 1. The Hall–Kier alpha value is -2.86. The number of rotatable bonds is 8. The molecule has 0 radical (unpaired) electrons. The number of carbonyl (C=O) groups excluding carboxylic acids is 1. The molecular formula is C20H24N2O4. The predicted molar refractivity (Wildman–Crippen MR) is 98.8 cm³/mol. The Morgan fingerprint density at radius 3 is 2.27 bits per heavy atom. The van der Waals surface area contributed by atoms with E-state index >= 15 is 0 Å². The van der Waals surface area contributed by atoms with Gasteiger partial charge in [0.05, 0.1) is 11.7 Å². The van der Waals surface area contributed by atoms with Crippen LogP contribution in [0.15, 0.2) is 54.6 Å². The molecule has 0 aliphatic rings. The zero-order chi connectivity index (χ0) is 18.9. The van der Waals surface area contributed by atoms with Crippen molar-refractivity contribution in [1.82, 2.24) is 10.2 Å². The van der Waals surface area contributed by atoms with Crippen LogP contribution in [0.1, 0.15) is 34.8 Å². The van der Waals surface area contributed by atoms with Crippen LogP contribution in [0, 0.1) is 0 Å². The van der Waals surface area contributed by atoms with Crippen LogP contribution < -0.4 is 5.32 Å². The van der Waals surface area contributed by atoms with Crippen molar-refractivity contribution in [2.45, 2.75) is 32.5 Å². The Labute approximate surface area is 153 Å². The molecule has 3 N–H and O–H groups in total. The average molecular weight is 356 g/mol. The van der Waals surface area contributed by atoms with E-state index in [1.54, 1.807) is 17.0 Å². The summed E-state index contributed by atoms with van der Waals surface area (Å²) in [6, 6.07) is 15.7. The summed E-state index contributed by atoms with van der Waals surface area (Å²) in [5, 5.41) is 21.7. The third-order valence-electron chi connectivity index (χ3n) is 4.05. The lowest BCUT2D eigenvalue weighted by Crippen LogP contribution is -2.43. The molecular weight excluding hydrogens is 332 g/mol. The van der Waals surface area contributed by atoms with Crippen LogP contribution >= 0.6 is 0 Å². The topological polar surface area (TPSA) is 89.9 Å². The molecule has 2 rings (SSSR count). The fourth-order valence-electron chi connectivity index (χ4n) is 2.46. The second-order valence-electron chi connectivity index (χ2n) is 6.09. The summed E-state index contributed by atoms with van der Waals surface area (Å²) < 4.78 is 0. The molecule has 1 unspecified atom stereocenters. The molecule has 0 aromatic heterocycles. The van der Waals surface area contributed by atoms with Crippen LogP contribution in [0.3, 0.4) is 0 Å². The third-order valence-corrected chi connectivity index (χ3v) is 4.05. The molecule has 0 fully saturated rings. The van der Waals surface area contributed by atoms with Gasteiger partial charge in [0, 0.05) is 19.6 Å². The summed E-state index contributed by atoms with van der Waals surface area (Å²) in [6.45, 7) is 2.80. The van der Waals surface area contributed by atoms with Gasteiger partial charge < -0.3 is 20.4 Å². The lowest BCUT2D eigenvalue weighted by atomic mass is 10.1. The quantitative estimate of drug-likeness (QED) is 0.678. The van der Waals surface area contributed by atoms with Crippen LogP contribution in [0.4, 0.5) is 4.79 Å². The monoisotopic (exact) mass is 356 g/mol. The number of aliphatic hydroxyl groups excluding tert-OH is 1. The lowest BCUT2D eigenvalue weighted by Gasteiger charge is -2.25. The minimum Gasteiger partial charge on any atom is -0.478 e. The molecule has 138 valence electrons. The molecule has 1 atom stereocenters. The van der Waals surface area contributed by atoms with E-state index in [9.17, 15) is 14.7 Å². The summed E-state index contributed by atoms with van der Waals surface area (Å²) in [6.07, 6.45) is -0.0193. The molecule has 0 aliphatic carbocycles. The van der Waals surface area contributed by atoms with Gasteiger partial charge in [0.1, 0.15) is 0 Å². The fourth-order valence-corrected chi connectivity index (χ4v) is 2.46. The largest absolute Gasteiger partial charge is 0.478 e. The second kappa shape index (κ2) is 9.58. The van der Waals surface area contributed by atoms with Gasteiger partial charge in [-0.15, -0.1) is 0 Å². The number of benzene rings is 2. The first-order chi connectivity index (χ1) is 12.5. The SMILES string of the molecule is CCC(O)CN(Cc1ccccc1)C(=O)NCc1ccc(C(=O)O)cc1. The molecule has 0 spiro atoms. The van der Waals surface area contributed by atoms with Gasteiger partial charge in [0.25, 0.3) is 0 Å². The number of amides is 2. The highest BCUT2D eigenvalue weighted by Gasteiger charge is 2.17. The number of nitrogens with zero attached hydrogens (tertiary/aromatic N) is 1. The van der Waals surface area contributed by atoms with Crippen molar-refractivity contribution >= 4 is 12.0 Å². The van der Waals surface area contributed by atoms with E-state index in [1.165, 1.54) is 12.1 Å². The molecule has 6 heteroatoms. The van der Waals surface area contributed by atoms with Crippen molar-refractivity contribution < 1.29 is 19.8 Å². The van der Waals surface area contributed by atoms with Crippen LogP contribution in [0.2, 0.25) is 0 Å². The summed E-state index contributed by atoms with van der Waals surface area (Å²) in [5.74, 6) is -0.983. The number of hydrogen-bond donors (Lipinski definition) is 3. The molecule has 2 aromatic rings. The normalized spacial score (nSPS) is 11.6. The highest BCUT2D eigenvalue weighted by molar-refractivity contribution is 5.87. The third kappa shape index (κ3) is 5.89. The summed E-state index contributed by atoms with van der Waals surface area (Å²) >= 11 is 0. The number of aliphatic hydroxyl groups is 1. The number of carboxylic acid groups (broad SMARTS) is 1. The van der Waals surface area contributed by atoms with Gasteiger partial charge in [-0.1, -0.05) is 49.4 Å². The van der Waals surface area contributed by atoms with Gasteiger partial charge in [-0.3, -0.25) is 0 Å². The zero-order valence-electron chi connectivity index (χ0n) is 14.8. The first-order valence-electron chi connectivity index (χ1n) is 8.56. The maximum absolute atomic E-state index is 12.6. The molecule has 6 nitrogen and oxygen atoms in total. The number of hydrogen-bond acceptors (Lipinski definition) is 3. The van der Waals surface area contributed by atoms with Gasteiger partial charge in [-0.2, -0.15) is 0 Å². The zero-order valence-corrected chi connectivity index (χ0v) is 14.8. The van der Waals surface area contributed by atoms with Gasteiger partial charge in [0.15, 0.2) is 0 Å². The van der Waals surface area contributed by atoms with Crippen LogP contribution in [0.5, 0.6) is 0 Å². The average Bonchev–Trinajstić information content (AvgIpc) is 2.66. The number of carboxylic acids is 1. The van der Waals surface area contributed by atoms with E-state index in [0.29, 0.717) is 13.0 Å². The van der Waals surface area contributed by atoms with Crippen molar-refractivity contribution in [3.8, 4) is 0 Å². The first kappa shape index (κ1) is 19.5. The van der Waals surface area contributed by atoms with Crippen molar-refractivity contribution in [3.05, 3.63) is 71.3 Å². The second-order valence-corrected chi connectivity index (χ2v) is 6.09. The van der Waals surface area contributed by atoms with Gasteiger partial charge in [-0.25, -0.2) is 9.59 Å². The Balaban J connectivity index is 1.99. The molecule has 0 bridgehead atoms. The molecule has 26 heavy (non-hydrogen) atoms. The Kier molecular flexibility index (Phi) is 7.17. The fraction of sp³-hybridized carbons (Fsp3) is 0.300. The predicted octanol–water partition coefficient (Wildman–Crippen LogP) is 2.87. The van der Waals surface area contributed by atoms with Gasteiger partial charge in [-0.05, 0) is 29.7 Å². The van der Waals surface area contributed by atoms with E-state index in [0.717, 1.165) is 11.1 Å². The Morgan fingerprint density at radius 2 is 1.69 bits per heavy atom. The number of carbonyl (C=O) groups is 2. The summed E-state index contributed by atoms with van der Waals surface area (Å²) in [5.41, 5.74) is 1.99. The summed E-state index contributed by atoms with van der Waals surface area (Å²) in [4.78, 5) is 25.0. The number of urea groups is 1. The Bertz CT molecular complexity index is 716. The van der Waals surface area contributed by atoms with E-state index < -0.39 is 12.1 Å². The van der Waals surface area contributed by atoms with Crippen molar-refractivity contribution in [2.75, 3.05) is 6.54 Å². The minimum atomic E-state index is -0.983. The Morgan fingerprint density at radius 1 is 1.04 bits per heavy atom. The molecule has 0 saturated heterocycles. The summed E-state index contributed by atoms with van der Waals surface area (Å²) in [7, 11) is 0. The van der Waals surface area contributed by atoms with E-state index in [-0.39, 0.29) is 24.7 Å². The van der Waals surface area contributed by atoms with Crippen molar-refractivity contribution in [3.63, 3.8) is 0 Å². The molecule has 0 aliphatic heterocycles.